The average Bonchev–Trinajstić information content (AvgIpc) is 2.59. The number of guanidine groups is 1. The van der Waals surface area contributed by atoms with E-state index in [1.165, 1.54) is 24.4 Å². The lowest BCUT2D eigenvalue weighted by Crippen LogP contribution is -2.39. The van der Waals surface area contributed by atoms with Gasteiger partial charge < -0.3 is 4.90 Å². The van der Waals surface area contributed by atoms with Crippen molar-refractivity contribution in [2.24, 2.45) is 9.98 Å². The highest BCUT2D eigenvalue weighted by atomic mass is 16.6. The number of aliphatic imine (C=N–C) groups is 2. The Morgan fingerprint density at radius 3 is 2.88 bits per heavy atom. The van der Waals surface area contributed by atoms with Gasteiger partial charge in [0.05, 0.1) is 16.5 Å². The molecular formula is C15H10N6O4. The van der Waals surface area contributed by atoms with Crippen molar-refractivity contribution in [1.29, 1.82) is 0 Å². The molecule has 0 aliphatic carbocycles. The van der Waals surface area contributed by atoms with Gasteiger partial charge in [0, 0.05) is 24.5 Å². The topological polar surface area (TPSA) is 137 Å². The summed E-state index contributed by atoms with van der Waals surface area (Å²) in [7, 11) is 0. The van der Waals surface area contributed by atoms with E-state index in [1.807, 2.05) is 0 Å². The third kappa shape index (κ3) is 2.36. The maximum absolute atomic E-state index is 12.4. The number of hydrogen-bond donors (Lipinski definition) is 2. The van der Waals surface area contributed by atoms with Gasteiger partial charge in [-0.3, -0.25) is 24.9 Å². The van der Waals surface area contributed by atoms with Crippen molar-refractivity contribution < 1.29 is 4.92 Å². The minimum atomic E-state index is -0.711. The van der Waals surface area contributed by atoms with Crippen LogP contribution in [0.2, 0.25) is 0 Å². The van der Waals surface area contributed by atoms with E-state index in [9.17, 15) is 19.7 Å². The number of nitrogens with one attached hydrogen (secondary N) is 2. The molecular weight excluding hydrogens is 328 g/mol. The number of allylic oxidation sites excluding steroid dienone is 1. The molecule has 1 aromatic carbocycles. The Morgan fingerprint density at radius 1 is 1.24 bits per heavy atom. The van der Waals surface area contributed by atoms with Crippen molar-refractivity contribution >= 4 is 23.7 Å². The minimum Gasteiger partial charge on any atom is -0.305 e. The van der Waals surface area contributed by atoms with Crippen LogP contribution >= 0.6 is 0 Å². The molecule has 10 nitrogen and oxygen atoms in total. The molecule has 0 radical (unpaired) electrons. The second kappa shape index (κ2) is 5.37. The van der Waals surface area contributed by atoms with Crippen molar-refractivity contribution in [3.8, 4) is 0 Å². The number of nitro groups is 1. The molecule has 0 saturated heterocycles. The third-order valence-electron chi connectivity index (χ3n) is 3.87. The summed E-state index contributed by atoms with van der Waals surface area (Å²) in [6, 6.07) is 5.24. The predicted octanol–water partition coefficient (Wildman–Crippen LogP) is 0.962. The van der Waals surface area contributed by atoms with Crippen molar-refractivity contribution in [2.75, 3.05) is 0 Å². The standard InChI is InChI=1S/C15H10N6O4/c22-13-10-11(8-3-1-4-9(7-8)21(24)25)20-6-2-5-16-14(20)17-12(10)18-15(23)19-13/h1-7,11H,(H2,18,19,22,23). The number of nitro benzene ring substituents is 1. The number of non-ortho nitro benzene ring substituents is 1. The normalized spacial score (nSPS) is 17.7. The zero-order chi connectivity index (χ0) is 17.6. The monoisotopic (exact) mass is 338 g/mol. The fourth-order valence-electron chi connectivity index (χ4n) is 2.86. The van der Waals surface area contributed by atoms with Gasteiger partial charge in [-0.15, -0.1) is 0 Å². The summed E-state index contributed by atoms with van der Waals surface area (Å²) in [6.07, 6.45) is 4.85. The van der Waals surface area contributed by atoms with E-state index < -0.39 is 22.2 Å². The van der Waals surface area contributed by atoms with Crippen molar-refractivity contribution in [2.45, 2.75) is 6.04 Å². The molecule has 0 saturated carbocycles. The number of benzene rings is 1. The molecule has 3 heterocycles. The van der Waals surface area contributed by atoms with Gasteiger partial charge in [-0.1, -0.05) is 12.1 Å². The van der Waals surface area contributed by atoms with Crippen molar-refractivity contribution in [1.82, 2.24) is 14.9 Å². The summed E-state index contributed by atoms with van der Waals surface area (Å²) in [5.41, 5.74) is -0.711. The van der Waals surface area contributed by atoms with Crippen LogP contribution < -0.4 is 11.2 Å². The summed E-state index contributed by atoms with van der Waals surface area (Å²) in [5, 5.41) is 11.1. The number of fused-ring (bicyclic) bond motifs is 2. The summed E-state index contributed by atoms with van der Waals surface area (Å²) in [6.45, 7) is 0. The molecule has 2 aliphatic rings. The van der Waals surface area contributed by atoms with Gasteiger partial charge in [-0.25, -0.2) is 9.79 Å². The highest BCUT2D eigenvalue weighted by Gasteiger charge is 2.34. The van der Waals surface area contributed by atoms with Crippen LogP contribution in [0.3, 0.4) is 0 Å². The van der Waals surface area contributed by atoms with Crippen LogP contribution in [0.25, 0.3) is 0 Å². The van der Waals surface area contributed by atoms with E-state index in [0.717, 1.165) is 0 Å². The molecule has 2 aliphatic heterocycles. The fourth-order valence-corrected chi connectivity index (χ4v) is 2.86. The Morgan fingerprint density at radius 2 is 2.08 bits per heavy atom. The first-order chi connectivity index (χ1) is 12.0. The molecule has 2 aromatic rings. The fraction of sp³-hybridized carbons (Fsp3) is 0.0667. The third-order valence-corrected chi connectivity index (χ3v) is 3.87. The van der Waals surface area contributed by atoms with Gasteiger partial charge in [0.2, 0.25) is 5.96 Å². The van der Waals surface area contributed by atoms with Gasteiger partial charge >= 0.3 is 5.69 Å². The molecule has 2 N–H and O–H groups in total. The first-order valence-corrected chi connectivity index (χ1v) is 7.23. The van der Waals surface area contributed by atoms with E-state index in [1.54, 1.807) is 23.2 Å². The van der Waals surface area contributed by atoms with Crippen LogP contribution in [0.1, 0.15) is 17.2 Å². The van der Waals surface area contributed by atoms with Gasteiger partial charge in [0.25, 0.3) is 11.2 Å². The SMILES string of the molecule is O=c1[nH]c2c(c(=O)[nH]1)C(c1cccc([N+](=O)[O-])c1)N1C=CC=NC1=N2. The van der Waals surface area contributed by atoms with Gasteiger partial charge in [0.1, 0.15) is 5.82 Å². The molecule has 0 fully saturated rings. The molecule has 1 aromatic heterocycles. The lowest BCUT2D eigenvalue weighted by Gasteiger charge is -2.34. The van der Waals surface area contributed by atoms with Crippen LogP contribution in [0.5, 0.6) is 0 Å². The summed E-state index contributed by atoms with van der Waals surface area (Å²) in [4.78, 5) is 49.2. The van der Waals surface area contributed by atoms with Crippen LogP contribution in [-0.4, -0.2) is 32.0 Å². The number of H-pyrrole nitrogens is 2. The van der Waals surface area contributed by atoms with Gasteiger partial charge in [-0.05, 0) is 11.6 Å². The predicted molar refractivity (Wildman–Crippen MR) is 89.2 cm³/mol. The summed E-state index contributed by atoms with van der Waals surface area (Å²) < 4.78 is 0. The molecule has 1 atom stereocenters. The van der Waals surface area contributed by atoms with Gasteiger partial charge in [0.15, 0.2) is 0 Å². The van der Waals surface area contributed by atoms with Crippen LogP contribution in [0, 0.1) is 10.1 Å². The molecule has 124 valence electrons. The molecule has 10 heteroatoms. The molecule has 0 bridgehead atoms. The smallest absolute Gasteiger partial charge is 0.305 e. The van der Waals surface area contributed by atoms with E-state index in [0.29, 0.717) is 5.56 Å². The zero-order valence-corrected chi connectivity index (χ0v) is 12.5. The van der Waals surface area contributed by atoms with Gasteiger partial charge in [-0.2, -0.15) is 4.99 Å². The molecule has 25 heavy (non-hydrogen) atoms. The van der Waals surface area contributed by atoms with Crippen molar-refractivity contribution in [3.63, 3.8) is 0 Å². The lowest BCUT2D eigenvalue weighted by atomic mass is 9.97. The highest BCUT2D eigenvalue weighted by molar-refractivity contribution is 5.97. The maximum atomic E-state index is 12.4. The van der Waals surface area contributed by atoms with Crippen LogP contribution in [0.4, 0.5) is 11.5 Å². The Hall–Kier alpha value is -3.82. The largest absolute Gasteiger partial charge is 0.327 e. The van der Waals surface area contributed by atoms with E-state index in [-0.39, 0.29) is 23.0 Å². The number of nitrogens with zero attached hydrogens (tertiary/aromatic N) is 4. The second-order valence-electron chi connectivity index (χ2n) is 5.36. The second-order valence-corrected chi connectivity index (χ2v) is 5.36. The first kappa shape index (κ1) is 14.8. The highest BCUT2D eigenvalue weighted by Crippen LogP contribution is 2.37. The van der Waals surface area contributed by atoms with E-state index >= 15 is 0 Å². The zero-order valence-electron chi connectivity index (χ0n) is 12.5. The number of aromatic amines is 2. The number of hydrogen-bond acceptors (Lipinski definition) is 7. The Bertz CT molecular complexity index is 1090. The Kier molecular flexibility index (Phi) is 3.17. The molecule has 4 rings (SSSR count). The quantitative estimate of drug-likeness (QED) is 0.620. The maximum Gasteiger partial charge on any atom is 0.327 e. The van der Waals surface area contributed by atoms with Crippen LogP contribution in [-0.2, 0) is 0 Å². The lowest BCUT2D eigenvalue weighted by molar-refractivity contribution is -0.384. The van der Waals surface area contributed by atoms with Crippen molar-refractivity contribution in [3.05, 3.63) is 78.6 Å². The summed E-state index contributed by atoms with van der Waals surface area (Å²) >= 11 is 0. The number of rotatable bonds is 2. The molecule has 1 unspecified atom stereocenters. The first-order valence-electron chi connectivity index (χ1n) is 7.23. The Balaban J connectivity index is 2.00. The van der Waals surface area contributed by atoms with E-state index in [2.05, 4.69) is 20.0 Å². The molecule has 0 amide bonds. The number of aromatic nitrogens is 2. The average molecular weight is 338 g/mol. The van der Waals surface area contributed by atoms with Crippen LogP contribution in [0.15, 0.2) is 56.1 Å². The Labute approximate surface area is 139 Å². The minimum absolute atomic E-state index is 0.0870. The van der Waals surface area contributed by atoms with E-state index in [4.69, 9.17) is 0 Å². The molecule has 0 spiro atoms. The summed E-state index contributed by atoms with van der Waals surface area (Å²) in [5.74, 6) is 0.358.